The van der Waals surface area contributed by atoms with Gasteiger partial charge in [0.25, 0.3) is 0 Å². The first-order valence-electron chi connectivity index (χ1n) is 12.1. The van der Waals surface area contributed by atoms with Gasteiger partial charge in [-0.2, -0.15) is 4.37 Å². The lowest BCUT2D eigenvalue weighted by Gasteiger charge is -2.39. The van der Waals surface area contributed by atoms with Crippen LogP contribution in [0, 0.1) is 0 Å². The first kappa shape index (κ1) is 24.2. The topological polar surface area (TPSA) is 61.4 Å². The van der Waals surface area contributed by atoms with E-state index in [1.807, 2.05) is 23.1 Å². The average molecular weight is 478 g/mol. The summed E-state index contributed by atoms with van der Waals surface area (Å²) in [6, 6.07) is 16.7. The van der Waals surface area contributed by atoms with Crippen LogP contribution in [0.4, 0.5) is 15.6 Å². The number of hydrogen-bond acceptors (Lipinski definition) is 5. The van der Waals surface area contributed by atoms with Gasteiger partial charge in [0.2, 0.25) is 5.13 Å². The summed E-state index contributed by atoms with van der Waals surface area (Å²) >= 11 is 1.45. The fourth-order valence-corrected chi connectivity index (χ4v) is 5.25. The van der Waals surface area contributed by atoms with Crippen molar-refractivity contribution in [2.45, 2.75) is 58.9 Å². The Morgan fingerprint density at radius 1 is 1.03 bits per heavy atom. The Morgan fingerprint density at radius 3 is 2.32 bits per heavy atom. The predicted octanol–water partition coefficient (Wildman–Crippen LogP) is 6.12. The maximum absolute atomic E-state index is 13.3. The van der Waals surface area contributed by atoms with Crippen molar-refractivity contribution in [1.29, 1.82) is 0 Å². The van der Waals surface area contributed by atoms with Gasteiger partial charge in [-0.05, 0) is 35.4 Å². The van der Waals surface area contributed by atoms with E-state index in [2.05, 4.69) is 79.5 Å². The molecule has 1 fully saturated rings. The molecule has 0 spiro atoms. The smallest absolute Gasteiger partial charge is 0.322 e. The number of anilines is 2. The third kappa shape index (κ3) is 5.41. The Labute approximate surface area is 207 Å². The highest BCUT2D eigenvalue weighted by atomic mass is 32.1. The minimum atomic E-state index is -0.0239. The molecule has 3 aromatic rings. The van der Waals surface area contributed by atoms with Gasteiger partial charge in [0.15, 0.2) is 0 Å². The van der Waals surface area contributed by atoms with E-state index in [-0.39, 0.29) is 12.1 Å². The van der Waals surface area contributed by atoms with E-state index in [0.717, 1.165) is 36.2 Å². The third-order valence-electron chi connectivity index (χ3n) is 6.43. The van der Waals surface area contributed by atoms with Crippen LogP contribution < -0.4 is 10.2 Å². The minimum absolute atomic E-state index is 0.0239. The SMILES string of the molecule is CC(C)c1cccc(C(C)C)c1NC(=O)N1CCN(c2nc(Cc3ccccc3)ns2)CC1C. The molecule has 0 aliphatic carbocycles. The molecule has 1 aromatic heterocycles. The van der Waals surface area contributed by atoms with Gasteiger partial charge >= 0.3 is 6.03 Å². The number of piperazine rings is 1. The molecular weight excluding hydrogens is 442 g/mol. The van der Waals surface area contributed by atoms with Crippen LogP contribution in [-0.4, -0.2) is 46.0 Å². The van der Waals surface area contributed by atoms with Crippen LogP contribution in [0.25, 0.3) is 0 Å². The normalized spacial score (nSPS) is 16.4. The zero-order valence-corrected chi connectivity index (χ0v) is 21.6. The van der Waals surface area contributed by atoms with Crippen molar-refractivity contribution in [3.05, 3.63) is 71.0 Å². The monoisotopic (exact) mass is 477 g/mol. The molecule has 0 bridgehead atoms. The third-order valence-corrected chi connectivity index (χ3v) is 7.24. The van der Waals surface area contributed by atoms with Gasteiger partial charge < -0.3 is 15.1 Å². The van der Waals surface area contributed by atoms with Crippen molar-refractivity contribution < 1.29 is 4.79 Å². The minimum Gasteiger partial charge on any atom is -0.343 e. The lowest BCUT2D eigenvalue weighted by molar-refractivity contribution is 0.185. The van der Waals surface area contributed by atoms with Crippen LogP contribution in [0.5, 0.6) is 0 Å². The van der Waals surface area contributed by atoms with Gasteiger partial charge in [-0.3, -0.25) is 0 Å². The van der Waals surface area contributed by atoms with Crippen LogP contribution >= 0.6 is 11.5 Å². The summed E-state index contributed by atoms with van der Waals surface area (Å²) in [5.41, 5.74) is 4.56. The standard InChI is InChI=1S/C27H35N5OS/c1-18(2)22-12-9-13-23(19(3)4)25(22)29-26(33)32-15-14-31(17-20(32)5)27-28-24(30-34-27)16-21-10-7-6-8-11-21/h6-13,18-20H,14-17H2,1-5H3,(H,29,33). The summed E-state index contributed by atoms with van der Waals surface area (Å²) in [6.45, 7) is 12.9. The molecule has 34 heavy (non-hydrogen) atoms. The molecule has 2 amide bonds. The average Bonchev–Trinajstić information content (AvgIpc) is 3.27. The number of urea groups is 1. The fourth-order valence-electron chi connectivity index (χ4n) is 4.53. The first-order chi connectivity index (χ1) is 16.3. The van der Waals surface area contributed by atoms with Crippen LogP contribution in [0.15, 0.2) is 48.5 Å². The number of hydrogen-bond donors (Lipinski definition) is 1. The number of para-hydroxylation sites is 1. The summed E-state index contributed by atoms with van der Waals surface area (Å²) in [5, 5.41) is 4.21. The lowest BCUT2D eigenvalue weighted by atomic mass is 9.92. The molecule has 1 atom stereocenters. The summed E-state index contributed by atoms with van der Waals surface area (Å²) < 4.78 is 4.57. The molecule has 2 heterocycles. The van der Waals surface area contributed by atoms with E-state index < -0.39 is 0 Å². The highest BCUT2D eigenvalue weighted by Crippen LogP contribution is 2.33. The molecule has 4 rings (SSSR count). The van der Waals surface area contributed by atoms with Crippen molar-refractivity contribution in [2.75, 3.05) is 29.9 Å². The molecule has 6 nitrogen and oxygen atoms in total. The predicted molar refractivity (Wildman–Crippen MR) is 141 cm³/mol. The number of amides is 2. The summed E-state index contributed by atoms with van der Waals surface area (Å²) in [4.78, 5) is 22.3. The zero-order valence-electron chi connectivity index (χ0n) is 20.8. The second-order valence-electron chi connectivity index (χ2n) is 9.70. The second-order valence-corrected chi connectivity index (χ2v) is 10.4. The summed E-state index contributed by atoms with van der Waals surface area (Å²) in [6.07, 6.45) is 0.739. The van der Waals surface area contributed by atoms with Crippen molar-refractivity contribution in [3.8, 4) is 0 Å². The number of nitrogens with one attached hydrogen (secondary N) is 1. The number of nitrogens with zero attached hydrogens (tertiary/aromatic N) is 4. The Hall–Kier alpha value is -2.93. The van der Waals surface area contributed by atoms with Crippen molar-refractivity contribution in [2.24, 2.45) is 0 Å². The fraction of sp³-hybridized carbons (Fsp3) is 0.444. The quantitative estimate of drug-likeness (QED) is 0.465. The number of benzene rings is 2. The van der Waals surface area contributed by atoms with E-state index in [4.69, 9.17) is 4.98 Å². The molecule has 1 aliphatic rings. The van der Waals surface area contributed by atoms with Gasteiger partial charge in [-0.25, -0.2) is 9.78 Å². The van der Waals surface area contributed by atoms with Gasteiger partial charge in [0.05, 0.1) is 0 Å². The van der Waals surface area contributed by atoms with E-state index in [1.165, 1.54) is 28.2 Å². The molecule has 1 unspecified atom stereocenters. The van der Waals surface area contributed by atoms with Crippen molar-refractivity contribution in [3.63, 3.8) is 0 Å². The molecular formula is C27H35N5OS. The molecule has 1 aliphatic heterocycles. The number of carbonyl (C=O) groups excluding carboxylic acids is 1. The van der Waals surface area contributed by atoms with Gasteiger partial charge in [0.1, 0.15) is 5.82 Å². The van der Waals surface area contributed by atoms with Gasteiger partial charge in [-0.1, -0.05) is 76.2 Å². The van der Waals surface area contributed by atoms with Gasteiger partial charge in [-0.15, -0.1) is 0 Å². The zero-order chi connectivity index (χ0) is 24.2. The molecule has 2 aromatic carbocycles. The van der Waals surface area contributed by atoms with E-state index in [1.54, 1.807) is 0 Å². The van der Waals surface area contributed by atoms with Crippen LogP contribution in [0.2, 0.25) is 0 Å². The van der Waals surface area contributed by atoms with E-state index >= 15 is 0 Å². The highest BCUT2D eigenvalue weighted by Gasteiger charge is 2.30. The number of aromatic nitrogens is 2. The van der Waals surface area contributed by atoms with E-state index in [0.29, 0.717) is 18.4 Å². The summed E-state index contributed by atoms with van der Waals surface area (Å²) in [5.74, 6) is 1.53. The Kier molecular flexibility index (Phi) is 7.51. The van der Waals surface area contributed by atoms with Crippen molar-refractivity contribution >= 4 is 28.4 Å². The maximum atomic E-state index is 13.3. The largest absolute Gasteiger partial charge is 0.343 e. The van der Waals surface area contributed by atoms with Crippen LogP contribution in [0.3, 0.4) is 0 Å². The number of rotatable bonds is 6. The second kappa shape index (κ2) is 10.6. The Balaban J connectivity index is 1.42. The molecule has 1 N–H and O–H groups in total. The van der Waals surface area contributed by atoms with Gasteiger partial charge in [0, 0.05) is 49.3 Å². The molecule has 0 saturated carbocycles. The number of carbonyl (C=O) groups is 1. The lowest BCUT2D eigenvalue weighted by Crippen LogP contribution is -2.55. The summed E-state index contributed by atoms with van der Waals surface area (Å²) in [7, 11) is 0. The first-order valence-corrected chi connectivity index (χ1v) is 12.9. The van der Waals surface area contributed by atoms with Crippen molar-refractivity contribution in [1.82, 2.24) is 14.3 Å². The molecule has 180 valence electrons. The molecule has 1 saturated heterocycles. The van der Waals surface area contributed by atoms with E-state index in [9.17, 15) is 4.79 Å². The molecule has 7 heteroatoms. The van der Waals surface area contributed by atoms with Crippen LogP contribution in [0.1, 0.15) is 69.0 Å². The Bertz CT molecular complexity index is 1080. The highest BCUT2D eigenvalue weighted by molar-refractivity contribution is 7.09. The maximum Gasteiger partial charge on any atom is 0.322 e. The van der Waals surface area contributed by atoms with Crippen LogP contribution in [-0.2, 0) is 6.42 Å². The Morgan fingerprint density at radius 2 is 1.71 bits per heavy atom. The molecule has 0 radical (unpaired) electrons.